The lowest BCUT2D eigenvalue weighted by Gasteiger charge is -2.42. The maximum Gasteiger partial charge on any atom is 0.0113 e. The fourth-order valence-electron chi connectivity index (χ4n) is 5.35. The average Bonchev–Trinajstić information content (AvgIpc) is 3.12. The first kappa shape index (κ1) is 14.3. The van der Waals surface area contributed by atoms with Gasteiger partial charge < -0.3 is 4.90 Å². The first-order valence-electron chi connectivity index (χ1n) is 9.42. The lowest BCUT2D eigenvalue weighted by molar-refractivity contribution is 0.0628. The number of allylic oxidation sites excluding steroid dienone is 2. The Balaban J connectivity index is 1.23. The molecule has 2 saturated carbocycles. The van der Waals surface area contributed by atoms with Crippen LogP contribution in [0.2, 0.25) is 0 Å². The predicted octanol–water partition coefficient (Wildman–Crippen LogP) is 3.39. The fraction of sp³-hybridized carbons (Fsp3) is 0.895. The topological polar surface area (TPSA) is 6.48 Å². The van der Waals surface area contributed by atoms with Crippen molar-refractivity contribution in [2.24, 2.45) is 23.7 Å². The first-order valence-corrected chi connectivity index (χ1v) is 9.42. The lowest BCUT2D eigenvalue weighted by atomic mass is 9.86. The quantitative estimate of drug-likeness (QED) is 0.735. The molecule has 0 aromatic carbocycles. The predicted molar refractivity (Wildman–Crippen MR) is 88.3 cm³/mol. The smallest absolute Gasteiger partial charge is 0.0113 e. The van der Waals surface area contributed by atoms with E-state index in [2.05, 4.69) is 28.9 Å². The number of piperazine rings is 1. The zero-order chi connectivity index (χ0) is 14.2. The van der Waals surface area contributed by atoms with E-state index in [4.69, 9.17) is 0 Å². The van der Waals surface area contributed by atoms with Crippen LogP contribution in [-0.2, 0) is 0 Å². The monoisotopic (exact) mass is 288 g/mol. The largest absolute Gasteiger partial charge is 0.300 e. The van der Waals surface area contributed by atoms with Crippen molar-refractivity contribution in [1.82, 2.24) is 9.80 Å². The zero-order valence-electron chi connectivity index (χ0n) is 13.7. The maximum absolute atomic E-state index is 2.81. The second-order valence-electron chi connectivity index (χ2n) is 8.29. The molecule has 4 rings (SSSR count). The summed E-state index contributed by atoms with van der Waals surface area (Å²) in [6.07, 6.45) is 13.8. The zero-order valence-corrected chi connectivity index (χ0v) is 13.7. The lowest BCUT2D eigenvalue weighted by Crippen LogP contribution is -2.52. The molecule has 0 N–H and O–H groups in total. The summed E-state index contributed by atoms with van der Waals surface area (Å²) in [5.41, 5.74) is 0. The summed E-state index contributed by atoms with van der Waals surface area (Å²) >= 11 is 0. The Bertz CT molecular complexity index is 375. The van der Waals surface area contributed by atoms with Crippen molar-refractivity contribution in [2.45, 2.75) is 51.5 Å². The molecule has 4 aliphatic rings. The molecule has 1 heterocycles. The van der Waals surface area contributed by atoms with Crippen LogP contribution in [0.15, 0.2) is 12.2 Å². The van der Waals surface area contributed by atoms with Gasteiger partial charge in [-0.25, -0.2) is 0 Å². The molecule has 0 radical (unpaired) electrons. The summed E-state index contributed by atoms with van der Waals surface area (Å²) in [7, 11) is 0. The third kappa shape index (κ3) is 3.07. The van der Waals surface area contributed by atoms with Gasteiger partial charge in [-0.3, -0.25) is 4.90 Å². The van der Waals surface area contributed by atoms with E-state index in [1.807, 2.05) is 0 Å². The van der Waals surface area contributed by atoms with Gasteiger partial charge in [-0.2, -0.15) is 0 Å². The Morgan fingerprint density at radius 1 is 0.905 bits per heavy atom. The number of hydrogen-bond donors (Lipinski definition) is 0. The van der Waals surface area contributed by atoms with E-state index in [1.165, 1.54) is 71.2 Å². The van der Waals surface area contributed by atoms with Crippen molar-refractivity contribution >= 4 is 0 Å². The van der Waals surface area contributed by atoms with Crippen molar-refractivity contribution < 1.29 is 0 Å². The second kappa shape index (κ2) is 6.04. The molecule has 0 amide bonds. The molecule has 1 aliphatic heterocycles. The SMILES string of the molecule is CC1CCC(N2CCN(C[C@@H]3C[C@@H]4C=C[C@@H]3C4)CC2)CC1. The van der Waals surface area contributed by atoms with Gasteiger partial charge in [0.15, 0.2) is 0 Å². The van der Waals surface area contributed by atoms with Gasteiger partial charge in [0.1, 0.15) is 0 Å². The minimum Gasteiger partial charge on any atom is -0.300 e. The molecule has 3 aliphatic carbocycles. The average molecular weight is 288 g/mol. The highest BCUT2D eigenvalue weighted by Crippen LogP contribution is 2.43. The molecule has 0 spiro atoms. The van der Waals surface area contributed by atoms with E-state index >= 15 is 0 Å². The van der Waals surface area contributed by atoms with Gasteiger partial charge in [0.05, 0.1) is 0 Å². The summed E-state index contributed by atoms with van der Waals surface area (Å²) in [6, 6.07) is 0.911. The van der Waals surface area contributed by atoms with E-state index in [0.717, 1.165) is 29.7 Å². The molecule has 1 saturated heterocycles. The highest BCUT2D eigenvalue weighted by molar-refractivity contribution is 5.10. The molecule has 21 heavy (non-hydrogen) atoms. The Kier molecular flexibility index (Phi) is 4.10. The van der Waals surface area contributed by atoms with Crippen LogP contribution in [0.3, 0.4) is 0 Å². The summed E-state index contributed by atoms with van der Waals surface area (Å²) in [4.78, 5) is 5.57. The highest BCUT2D eigenvalue weighted by atomic mass is 15.3. The van der Waals surface area contributed by atoms with E-state index in [9.17, 15) is 0 Å². The van der Waals surface area contributed by atoms with E-state index in [1.54, 1.807) is 0 Å². The van der Waals surface area contributed by atoms with Gasteiger partial charge in [0.25, 0.3) is 0 Å². The van der Waals surface area contributed by atoms with Gasteiger partial charge in [-0.15, -0.1) is 0 Å². The van der Waals surface area contributed by atoms with Crippen molar-refractivity contribution in [3.63, 3.8) is 0 Å². The van der Waals surface area contributed by atoms with Crippen LogP contribution in [-0.4, -0.2) is 48.6 Å². The fourth-order valence-corrected chi connectivity index (χ4v) is 5.35. The second-order valence-corrected chi connectivity index (χ2v) is 8.29. The molecule has 0 unspecified atom stereocenters. The summed E-state index contributed by atoms with van der Waals surface area (Å²) in [6.45, 7) is 9.11. The van der Waals surface area contributed by atoms with E-state index in [0.29, 0.717) is 0 Å². The Hall–Kier alpha value is -0.340. The van der Waals surface area contributed by atoms with Gasteiger partial charge >= 0.3 is 0 Å². The number of fused-ring (bicyclic) bond motifs is 2. The molecule has 3 fully saturated rings. The van der Waals surface area contributed by atoms with Crippen LogP contribution in [0, 0.1) is 23.7 Å². The van der Waals surface area contributed by atoms with Gasteiger partial charge in [-0.05, 0) is 62.2 Å². The normalized spacial score (nSPS) is 44.5. The Labute approximate surface area is 130 Å². The molecule has 2 heteroatoms. The Morgan fingerprint density at radius 3 is 2.29 bits per heavy atom. The van der Waals surface area contributed by atoms with Crippen LogP contribution < -0.4 is 0 Å². The van der Waals surface area contributed by atoms with Crippen molar-refractivity contribution in [1.29, 1.82) is 0 Å². The van der Waals surface area contributed by atoms with Gasteiger partial charge in [-0.1, -0.05) is 19.1 Å². The molecule has 3 atom stereocenters. The maximum atomic E-state index is 2.81. The summed E-state index contributed by atoms with van der Waals surface area (Å²) < 4.78 is 0. The molecular formula is C19H32N2. The van der Waals surface area contributed by atoms with Crippen LogP contribution >= 0.6 is 0 Å². The third-order valence-electron chi connectivity index (χ3n) is 6.82. The summed E-state index contributed by atoms with van der Waals surface area (Å²) in [5.74, 6) is 3.81. The van der Waals surface area contributed by atoms with Crippen LogP contribution in [0.25, 0.3) is 0 Å². The van der Waals surface area contributed by atoms with E-state index < -0.39 is 0 Å². The third-order valence-corrected chi connectivity index (χ3v) is 6.82. The number of hydrogen-bond acceptors (Lipinski definition) is 2. The molecular weight excluding hydrogens is 256 g/mol. The van der Waals surface area contributed by atoms with Gasteiger partial charge in [0, 0.05) is 38.8 Å². The minimum atomic E-state index is 0.911. The van der Waals surface area contributed by atoms with Gasteiger partial charge in [0.2, 0.25) is 0 Å². The van der Waals surface area contributed by atoms with Crippen molar-refractivity contribution in [2.75, 3.05) is 32.7 Å². The van der Waals surface area contributed by atoms with E-state index in [-0.39, 0.29) is 0 Å². The highest BCUT2D eigenvalue weighted by Gasteiger charge is 2.37. The molecule has 2 nitrogen and oxygen atoms in total. The molecule has 2 bridgehead atoms. The molecule has 118 valence electrons. The van der Waals surface area contributed by atoms with Crippen molar-refractivity contribution in [3.8, 4) is 0 Å². The molecule has 0 aromatic heterocycles. The standard InChI is InChI=1S/C19H32N2/c1-15-2-6-19(7-3-15)21-10-8-20(9-11-21)14-18-13-16-4-5-17(18)12-16/h4-5,15-19H,2-3,6-14H2,1H3/t15?,16-,17-,18+,19?/m1/s1. The number of rotatable bonds is 3. The Morgan fingerprint density at radius 2 is 1.67 bits per heavy atom. The minimum absolute atomic E-state index is 0.911. The first-order chi connectivity index (χ1) is 10.3. The van der Waals surface area contributed by atoms with Crippen LogP contribution in [0.5, 0.6) is 0 Å². The number of nitrogens with zero attached hydrogens (tertiary/aromatic N) is 2. The summed E-state index contributed by atoms with van der Waals surface area (Å²) in [5, 5.41) is 0. The van der Waals surface area contributed by atoms with Crippen LogP contribution in [0.1, 0.15) is 45.4 Å². The molecule has 0 aromatic rings. The van der Waals surface area contributed by atoms with Crippen LogP contribution in [0.4, 0.5) is 0 Å². The van der Waals surface area contributed by atoms with Crippen molar-refractivity contribution in [3.05, 3.63) is 12.2 Å².